The van der Waals surface area contributed by atoms with E-state index >= 15 is 0 Å². The second-order valence-electron chi connectivity index (χ2n) is 3.72. The Labute approximate surface area is 103 Å². The maximum atomic E-state index is 10.5. The summed E-state index contributed by atoms with van der Waals surface area (Å²) in [5.41, 5.74) is 0.750. The van der Waals surface area contributed by atoms with Gasteiger partial charge in [0.15, 0.2) is 5.75 Å². The second kappa shape index (κ2) is 4.79. The summed E-state index contributed by atoms with van der Waals surface area (Å²) in [7, 11) is 0. The predicted octanol–water partition coefficient (Wildman–Crippen LogP) is 2.79. The molecule has 0 fully saturated rings. The average molecular weight is 245 g/mol. The van der Waals surface area contributed by atoms with Crippen LogP contribution in [0, 0.1) is 24.0 Å². The van der Waals surface area contributed by atoms with Gasteiger partial charge in [0.2, 0.25) is 0 Å². The molecule has 2 rings (SSSR count). The van der Waals surface area contributed by atoms with Crippen molar-refractivity contribution in [3.05, 3.63) is 52.1 Å². The third-order valence-electron chi connectivity index (χ3n) is 2.33. The van der Waals surface area contributed by atoms with Crippen LogP contribution in [0.1, 0.15) is 11.5 Å². The van der Waals surface area contributed by atoms with Crippen molar-refractivity contribution in [2.45, 2.75) is 13.8 Å². The maximum absolute atomic E-state index is 10.5. The van der Waals surface area contributed by atoms with Gasteiger partial charge in [-0.15, -0.1) is 0 Å². The van der Waals surface area contributed by atoms with Crippen molar-refractivity contribution in [3.8, 4) is 11.5 Å². The maximum Gasteiger partial charge on any atom is 0.269 e. The van der Waals surface area contributed by atoms with Gasteiger partial charge in [-0.2, -0.15) is 0 Å². The molecule has 2 aromatic rings. The molecule has 1 aromatic carbocycles. The molecule has 0 spiro atoms. The summed E-state index contributed by atoms with van der Waals surface area (Å²) in [6.07, 6.45) is 1.58. The molecule has 1 heterocycles. The smallest absolute Gasteiger partial charge is 0.269 e. The molecule has 6 heteroatoms. The van der Waals surface area contributed by atoms with E-state index in [4.69, 9.17) is 4.74 Å². The van der Waals surface area contributed by atoms with Crippen molar-refractivity contribution >= 4 is 5.69 Å². The largest absolute Gasteiger partial charge is 0.454 e. The highest BCUT2D eigenvalue weighted by atomic mass is 16.6. The van der Waals surface area contributed by atoms with Crippen LogP contribution in [0.2, 0.25) is 0 Å². The number of rotatable bonds is 3. The summed E-state index contributed by atoms with van der Waals surface area (Å²) in [5.74, 6) is 1.72. The fourth-order valence-electron chi connectivity index (χ4n) is 1.44. The lowest BCUT2D eigenvalue weighted by molar-refractivity contribution is -0.384. The van der Waals surface area contributed by atoms with Crippen LogP contribution in [0.15, 0.2) is 30.5 Å². The molecule has 6 nitrogen and oxygen atoms in total. The Hall–Kier alpha value is -2.50. The first-order chi connectivity index (χ1) is 8.56. The molecule has 0 bridgehead atoms. The Bertz CT molecular complexity index is 582. The number of nitro groups is 1. The summed E-state index contributed by atoms with van der Waals surface area (Å²) in [6.45, 7) is 3.61. The zero-order valence-corrected chi connectivity index (χ0v) is 9.95. The highest BCUT2D eigenvalue weighted by Crippen LogP contribution is 2.24. The number of aromatic nitrogens is 2. The molecule has 0 saturated carbocycles. The molecule has 0 unspecified atom stereocenters. The highest BCUT2D eigenvalue weighted by molar-refractivity contribution is 5.38. The average Bonchev–Trinajstić information content (AvgIpc) is 2.33. The molecule has 0 saturated heterocycles. The van der Waals surface area contributed by atoms with Crippen molar-refractivity contribution in [1.29, 1.82) is 0 Å². The molecule has 0 N–H and O–H groups in total. The zero-order chi connectivity index (χ0) is 13.1. The predicted molar refractivity (Wildman–Crippen MR) is 64.7 cm³/mol. The van der Waals surface area contributed by atoms with Gasteiger partial charge in [0.05, 0.1) is 16.8 Å². The van der Waals surface area contributed by atoms with Crippen LogP contribution in [-0.2, 0) is 0 Å². The minimum Gasteiger partial charge on any atom is -0.454 e. The lowest BCUT2D eigenvalue weighted by Crippen LogP contribution is -1.95. The van der Waals surface area contributed by atoms with Gasteiger partial charge in [0.1, 0.15) is 11.6 Å². The molecule has 0 atom stereocenters. The molecular formula is C12H11N3O3. The lowest BCUT2D eigenvalue weighted by Gasteiger charge is -2.07. The number of hydrogen-bond acceptors (Lipinski definition) is 5. The number of aryl methyl sites for hydroxylation is 2. The summed E-state index contributed by atoms with van der Waals surface area (Å²) < 4.78 is 5.55. The van der Waals surface area contributed by atoms with Crippen LogP contribution in [0.25, 0.3) is 0 Å². The first-order valence-corrected chi connectivity index (χ1v) is 5.29. The van der Waals surface area contributed by atoms with Gasteiger partial charge in [-0.25, -0.2) is 9.97 Å². The highest BCUT2D eigenvalue weighted by Gasteiger charge is 2.07. The van der Waals surface area contributed by atoms with Crippen LogP contribution >= 0.6 is 0 Å². The van der Waals surface area contributed by atoms with Gasteiger partial charge >= 0.3 is 0 Å². The summed E-state index contributed by atoms with van der Waals surface area (Å²) >= 11 is 0. The van der Waals surface area contributed by atoms with Crippen molar-refractivity contribution in [2.75, 3.05) is 0 Å². The minimum atomic E-state index is -0.454. The molecule has 18 heavy (non-hydrogen) atoms. The molecule has 0 aliphatic rings. The van der Waals surface area contributed by atoms with E-state index in [1.165, 1.54) is 24.3 Å². The SMILES string of the molecule is Cc1ncc(Oc2ccc([N+](=O)[O-])cc2)c(C)n1. The fourth-order valence-corrected chi connectivity index (χ4v) is 1.44. The number of ether oxygens (including phenoxy) is 1. The van der Waals surface area contributed by atoms with Crippen molar-refractivity contribution < 1.29 is 9.66 Å². The summed E-state index contributed by atoms with van der Waals surface area (Å²) in [4.78, 5) is 18.3. The lowest BCUT2D eigenvalue weighted by atomic mass is 10.3. The van der Waals surface area contributed by atoms with Crippen LogP contribution in [-0.4, -0.2) is 14.9 Å². The third-order valence-corrected chi connectivity index (χ3v) is 2.33. The molecule has 0 amide bonds. The van der Waals surface area contributed by atoms with E-state index in [0.717, 1.165) is 5.69 Å². The number of benzene rings is 1. The fraction of sp³-hybridized carbons (Fsp3) is 0.167. The van der Waals surface area contributed by atoms with Gasteiger partial charge < -0.3 is 4.74 Å². The Morgan fingerprint density at radius 3 is 2.44 bits per heavy atom. The molecule has 0 aliphatic heterocycles. The van der Waals surface area contributed by atoms with E-state index in [0.29, 0.717) is 17.3 Å². The van der Waals surface area contributed by atoms with Gasteiger partial charge in [-0.3, -0.25) is 10.1 Å². The first kappa shape index (κ1) is 12.0. The zero-order valence-electron chi connectivity index (χ0n) is 9.95. The van der Waals surface area contributed by atoms with E-state index in [-0.39, 0.29) is 5.69 Å². The third kappa shape index (κ3) is 2.60. The van der Waals surface area contributed by atoms with E-state index in [1.54, 1.807) is 13.1 Å². The Balaban J connectivity index is 2.21. The van der Waals surface area contributed by atoms with Crippen LogP contribution in [0.4, 0.5) is 5.69 Å². The number of nitrogens with zero attached hydrogens (tertiary/aromatic N) is 3. The van der Waals surface area contributed by atoms with E-state index in [1.807, 2.05) is 6.92 Å². The van der Waals surface area contributed by atoms with Crippen molar-refractivity contribution in [3.63, 3.8) is 0 Å². The standard InChI is InChI=1S/C12H11N3O3/c1-8-12(7-13-9(2)14-8)18-11-5-3-10(4-6-11)15(16)17/h3-7H,1-2H3. The second-order valence-corrected chi connectivity index (χ2v) is 3.72. The summed E-state index contributed by atoms with van der Waals surface area (Å²) in [6, 6.07) is 5.86. The van der Waals surface area contributed by atoms with E-state index < -0.39 is 4.92 Å². The summed E-state index contributed by atoms with van der Waals surface area (Å²) in [5, 5.41) is 10.5. The van der Waals surface area contributed by atoms with Crippen molar-refractivity contribution in [2.24, 2.45) is 0 Å². The molecule has 0 radical (unpaired) electrons. The van der Waals surface area contributed by atoms with Gasteiger partial charge in [-0.1, -0.05) is 0 Å². The molecular weight excluding hydrogens is 234 g/mol. The van der Waals surface area contributed by atoms with Gasteiger partial charge in [0.25, 0.3) is 5.69 Å². The number of nitro benzene ring substituents is 1. The quantitative estimate of drug-likeness (QED) is 0.613. The van der Waals surface area contributed by atoms with Crippen LogP contribution < -0.4 is 4.74 Å². The number of non-ortho nitro benzene ring substituents is 1. The molecule has 0 aliphatic carbocycles. The number of hydrogen-bond donors (Lipinski definition) is 0. The van der Waals surface area contributed by atoms with E-state index in [9.17, 15) is 10.1 Å². The Kier molecular flexibility index (Phi) is 3.18. The minimum absolute atomic E-state index is 0.0271. The Morgan fingerprint density at radius 2 is 1.89 bits per heavy atom. The molecule has 92 valence electrons. The van der Waals surface area contributed by atoms with Gasteiger partial charge in [0, 0.05) is 12.1 Å². The monoisotopic (exact) mass is 245 g/mol. The molecule has 1 aromatic heterocycles. The Morgan fingerprint density at radius 1 is 1.22 bits per heavy atom. The van der Waals surface area contributed by atoms with Crippen LogP contribution in [0.5, 0.6) is 11.5 Å². The van der Waals surface area contributed by atoms with Crippen molar-refractivity contribution in [1.82, 2.24) is 9.97 Å². The van der Waals surface area contributed by atoms with E-state index in [2.05, 4.69) is 9.97 Å². The topological polar surface area (TPSA) is 78.2 Å². The normalized spacial score (nSPS) is 10.1. The first-order valence-electron chi connectivity index (χ1n) is 5.29. The van der Waals surface area contributed by atoms with Crippen LogP contribution in [0.3, 0.4) is 0 Å². The van der Waals surface area contributed by atoms with Gasteiger partial charge in [-0.05, 0) is 26.0 Å².